The first kappa shape index (κ1) is 12.2. The van der Waals surface area contributed by atoms with Crippen LogP contribution in [0.15, 0.2) is 23.6 Å². The van der Waals surface area contributed by atoms with Gasteiger partial charge in [0.1, 0.15) is 5.75 Å². The maximum atomic E-state index is 5.99. The number of hydrogen-bond acceptors (Lipinski definition) is 5. The molecule has 0 aliphatic rings. The lowest BCUT2D eigenvalue weighted by Gasteiger charge is -2.08. The monoisotopic (exact) mass is 269 g/mol. The lowest BCUT2D eigenvalue weighted by atomic mass is 10.1. The fraction of sp³-hybridized carbons (Fsp3) is 0.182. The van der Waals surface area contributed by atoms with E-state index in [-0.39, 0.29) is 0 Å². The Morgan fingerprint density at radius 3 is 3.00 bits per heavy atom. The quantitative estimate of drug-likeness (QED) is 0.661. The van der Waals surface area contributed by atoms with E-state index < -0.39 is 0 Å². The Hall–Kier alpha value is -1.30. The topological polar surface area (TPSA) is 60.2 Å². The number of aromatic nitrogens is 1. The second-order valence-electron chi connectivity index (χ2n) is 3.26. The van der Waals surface area contributed by atoms with Gasteiger partial charge in [0.2, 0.25) is 0 Å². The molecule has 0 unspecified atom stereocenters. The van der Waals surface area contributed by atoms with Crippen LogP contribution in [0.5, 0.6) is 5.75 Å². The number of hydrogen-bond donors (Lipinski definition) is 2. The molecule has 0 bridgehead atoms. The summed E-state index contributed by atoms with van der Waals surface area (Å²) in [4.78, 5) is 4.33. The largest absolute Gasteiger partial charge is 0.493 e. The summed E-state index contributed by atoms with van der Waals surface area (Å²) in [5, 5.41) is 3.21. The number of thiazole rings is 1. The maximum Gasteiger partial charge on any atom is 0.197 e. The van der Waals surface area contributed by atoms with Crippen LogP contribution in [0.3, 0.4) is 0 Å². The highest BCUT2D eigenvalue weighted by Gasteiger charge is 2.10. The Morgan fingerprint density at radius 2 is 2.35 bits per heavy atom. The zero-order valence-electron chi connectivity index (χ0n) is 9.24. The van der Waals surface area contributed by atoms with Gasteiger partial charge in [0.15, 0.2) is 5.13 Å². The maximum absolute atomic E-state index is 5.99. The Morgan fingerprint density at radius 1 is 1.53 bits per heavy atom. The van der Waals surface area contributed by atoms with Crippen molar-refractivity contribution in [3.63, 3.8) is 0 Å². The highest BCUT2D eigenvalue weighted by atomic mass is 35.5. The predicted octanol–water partition coefficient (Wildman–Crippen LogP) is 3.15. The van der Waals surface area contributed by atoms with Crippen LogP contribution in [0.25, 0.3) is 11.3 Å². The second kappa shape index (κ2) is 5.35. The molecule has 1 aromatic heterocycles. The molecule has 0 amide bonds. The molecular formula is C11H12ClN3OS. The van der Waals surface area contributed by atoms with Gasteiger partial charge in [-0.25, -0.2) is 10.8 Å². The Bertz CT molecular complexity index is 515. The van der Waals surface area contributed by atoms with Gasteiger partial charge in [-0.2, -0.15) is 0 Å². The van der Waals surface area contributed by atoms with E-state index in [4.69, 9.17) is 22.2 Å². The van der Waals surface area contributed by atoms with Gasteiger partial charge in [-0.1, -0.05) is 11.6 Å². The number of nitrogens with one attached hydrogen (secondary N) is 1. The number of nitrogens with zero attached hydrogens (tertiary/aromatic N) is 1. The number of anilines is 1. The van der Waals surface area contributed by atoms with Gasteiger partial charge in [0.05, 0.1) is 12.3 Å². The molecule has 1 heterocycles. The van der Waals surface area contributed by atoms with Crippen molar-refractivity contribution >= 4 is 28.1 Å². The first-order valence-corrected chi connectivity index (χ1v) is 6.35. The molecule has 90 valence electrons. The first-order valence-electron chi connectivity index (χ1n) is 5.09. The van der Waals surface area contributed by atoms with Crippen LogP contribution in [-0.4, -0.2) is 11.6 Å². The summed E-state index contributed by atoms with van der Waals surface area (Å²) in [6, 6.07) is 5.47. The standard InChI is InChI=1S/C11H12ClN3OS/c1-2-16-10-4-3-7(12)5-8(10)9-6-17-11(14-9)15-13/h3-6H,2,13H2,1H3,(H,14,15). The molecular weight excluding hydrogens is 258 g/mol. The number of ether oxygens (including phenoxy) is 1. The van der Waals surface area contributed by atoms with Crippen LogP contribution in [0.1, 0.15) is 6.92 Å². The van der Waals surface area contributed by atoms with Gasteiger partial charge in [0.25, 0.3) is 0 Å². The summed E-state index contributed by atoms with van der Waals surface area (Å²) >= 11 is 7.42. The molecule has 0 saturated heterocycles. The van der Waals surface area contributed by atoms with Gasteiger partial charge in [0, 0.05) is 16.0 Å². The highest BCUT2D eigenvalue weighted by Crippen LogP contribution is 2.34. The molecule has 17 heavy (non-hydrogen) atoms. The number of benzene rings is 1. The summed E-state index contributed by atoms with van der Waals surface area (Å²) in [6.07, 6.45) is 0. The van der Waals surface area contributed by atoms with Crippen LogP contribution in [0.4, 0.5) is 5.13 Å². The van der Waals surface area contributed by atoms with Gasteiger partial charge >= 0.3 is 0 Å². The van der Waals surface area contributed by atoms with E-state index in [1.807, 2.05) is 24.4 Å². The molecule has 0 radical (unpaired) electrons. The van der Waals surface area contributed by atoms with E-state index in [2.05, 4.69) is 10.4 Å². The average Bonchev–Trinajstić information content (AvgIpc) is 2.80. The average molecular weight is 270 g/mol. The van der Waals surface area contributed by atoms with Crippen molar-refractivity contribution in [2.45, 2.75) is 6.92 Å². The van der Waals surface area contributed by atoms with Crippen molar-refractivity contribution in [1.29, 1.82) is 0 Å². The third-order valence-electron chi connectivity index (χ3n) is 2.15. The summed E-state index contributed by atoms with van der Waals surface area (Å²) < 4.78 is 5.54. The van der Waals surface area contributed by atoms with Gasteiger partial charge < -0.3 is 4.74 Å². The third-order valence-corrected chi connectivity index (χ3v) is 3.15. The summed E-state index contributed by atoms with van der Waals surface area (Å²) in [5.41, 5.74) is 4.19. The zero-order chi connectivity index (χ0) is 12.3. The second-order valence-corrected chi connectivity index (χ2v) is 4.55. The molecule has 4 nitrogen and oxygen atoms in total. The van der Waals surface area contributed by atoms with Crippen molar-refractivity contribution in [3.8, 4) is 17.0 Å². The van der Waals surface area contributed by atoms with E-state index in [1.165, 1.54) is 11.3 Å². The van der Waals surface area contributed by atoms with Crippen LogP contribution in [0.2, 0.25) is 5.02 Å². The van der Waals surface area contributed by atoms with Crippen molar-refractivity contribution in [3.05, 3.63) is 28.6 Å². The number of halogens is 1. The smallest absolute Gasteiger partial charge is 0.197 e. The van der Waals surface area contributed by atoms with Crippen LogP contribution < -0.4 is 16.0 Å². The number of hydrazine groups is 1. The fourth-order valence-electron chi connectivity index (χ4n) is 1.45. The van der Waals surface area contributed by atoms with Gasteiger partial charge in [-0.15, -0.1) is 11.3 Å². The summed E-state index contributed by atoms with van der Waals surface area (Å²) in [7, 11) is 0. The molecule has 2 rings (SSSR count). The van der Waals surface area contributed by atoms with Crippen molar-refractivity contribution in [2.75, 3.05) is 12.0 Å². The van der Waals surface area contributed by atoms with E-state index >= 15 is 0 Å². The minimum absolute atomic E-state index is 0.598. The molecule has 3 N–H and O–H groups in total. The third kappa shape index (κ3) is 2.69. The molecule has 2 aromatic rings. The van der Waals surface area contributed by atoms with E-state index in [1.54, 1.807) is 6.07 Å². The molecule has 0 aliphatic heterocycles. The molecule has 0 fully saturated rings. The van der Waals surface area contributed by atoms with E-state index in [0.29, 0.717) is 16.8 Å². The molecule has 0 saturated carbocycles. The normalized spacial score (nSPS) is 10.3. The fourth-order valence-corrected chi connectivity index (χ4v) is 2.24. The number of nitrogens with two attached hydrogens (primary N) is 1. The van der Waals surface area contributed by atoms with Gasteiger partial charge in [-0.3, -0.25) is 5.43 Å². The molecule has 0 spiro atoms. The lowest BCUT2D eigenvalue weighted by molar-refractivity contribution is 0.341. The molecule has 0 atom stereocenters. The number of nitrogen functional groups attached to an aromatic ring is 1. The van der Waals surface area contributed by atoms with Crippen molar-refractivity contribution in [2.24, 2.45) is 5.84 Å². The lowest BCUT2D eigenvalue weighted by Crippen LogP contribution is -2.05. The Labute approximate surface area is 108 Å². The Balaban J connectivity index is 2.44. The molecule has 1 aromatic carbocycles. The van der Waals surface area contributed by atoms with Crippen LogP contribution in [0, 0.1) is 0 Å². The van der Waals surface area contributed by atoms with Crippen LogP contribution in [-0.2, 0) is 0 Å². The summed E-state index contributed by atoms with van der Waals surface area (Å²) in [6.45, 7) is 2.53. The minimum atomic E-state index is 0.598. The first-order chi connectivity index (χ1) is 8.24. The minimum Gasteiger partial charge on any atom is -0.493 e. The van der Waals surface area contributed by atoms with Crippen LogP contribution >= 0.6 is 22.9 Å². The predicted molar refractivity (Wildman–Crippen MR) is 71.5 cm³/mol. The van der Waals surface area contributed by atoms with Crippen molar-refractivity contribution < 1.29 is 4.74 Å². The van der Waals surface area contributed by atoms with E-state index in [0.717, 1.165) is 17.0 Å². The molecule has 0 aliphatic carbocycles. The van der Waals surface area contributed by atoms with E-state index in [9.17, 15) is 0 Å². The van der Waals surface area contributed by atoms with Crippen molar-refractivity contribution in [1.82, 2.24) is 4.98 Å². The summed E-state index contributed by atoms with van der Waals surface area (Å²) in [5.74, 6) is 6.08. The highest BCUT2D eigenvalue weighted by molar-refractivity contribution is 7.14. The zero-order valence-corrected chi connectivity index (χ0v) is 10.8. The molecule has 6 heteroatoms. The number of rotatable bonds is 4. The SMILES string of the molecule is CCOc1ccc(Cl)cc1-c1csc(NN)n1. The Kier molecular flexibility index (Phi) is 3.83. The van der Waals surface area contributed by atoms with Gasteiger partial charge in [-0.05, 0) is 25.1 Å².